The molecule has 4 heterocycles. The molecule has 2 aliphatic heterocycles. The lowest BCUT2D eigenvalue weighted by molar-refractivity contribution is -0.116. The molecule has 0 spiro atoms. The summed E-state index contributed by atoms with van der Waals surface area (Å²) < 4.78 is 7.32. The van der Waals surface area contributed by atoms with E-state index < -0.39 is 0 Å². The van der Waals surface area contributed by atoms with Gasteiger partial charge in [-0.05, 0) is 38.8 Å². The van der Waals surface area contributed by atoms with Crippen molar-refractivity contribution in [2.45, 2.75) is 39.0 Å². The third-order valence-corrected chi connectivity index (χ3v) is 7.36. The Labute approximate surface area is 212 Å². The SMILES string of the molecule is COC1CCN(c2ncc(-c3ccccc3N3CCN(C(C=O)n4nc(C)cc4C)CC3)cn2)CC1. The summed E-state index contributed by atoms with van der Waals surface area (Å²) in [6.45, 7) is 9.00. The Kier molecular flexibility index (Phi) is 7.29. The highest BCUT2D eigenvalue weighted by molar-refractivity contribution is 5.78. The number of piperazine rings is 1. The topological polar surface area (TPSA) is 79.6 Å². The summed E-state index contributed by atoms with van der Waals surface area (Å²) >= 11 is 0. The van der Waals surface area contributed by atoms with E-state index in [2.05, 4.69) is 44.1 Å². The number of ether oxygens (including phenoxy) is 1. The highest BCUT2D eigenvalue weighted by atomic mass is 16.5. The van der Waals surface area contributed by atoms with Crippen LogP contribution in [0.25, 0.3) is 11.1 Å². The second kappa shape index (κ2) is 10.8. The minimum absolute atomic E-state index is 0.336. The van der Waals surface area contributed by atoms with Gasteiger partial charge in [-0.2, -0.15) is 5.10 Å². The standard InChI is InChI=1S/C27H35N7O2/c1-20-16-21(2)34(30-20)26(19-35)32-14-12-31(13-15-32)25-7-5-4-6-24(25)22-17-28-27(29-18-22)33-10-8-23(36-3)9-11-33/h4-7,16-19,23,26H,8-15H2,1-3H3. The van der Waals surface area contributed by atoms with E-state index in [0.717, 1.165) is 86.9 Å². The van der Waals surface area contributed by atoms with Crippen molar-refractivity contribution in [1.29, 1.82) is 0 Å². The third kappa shape index (κ3) is 4.99. The van der Waals surface area contributed by atoms with E-state index in [4.69, 9.17) is 14.7 Å². The first-order valence-electron chi connectivity index (χ1n) is 12.7. The van der Waals surface area contributed by atoms with Crippen LogP contribution in [0, 0.1) is 13.8 Å². The van der Waals surface area contributed by atoms with Crippen LogP contribution in [0.1, 0.15) is 30.4 Å². The molecule has 9 nitrogen and oxygen atoms in total. The van der Waals surface area contributed by atoms with Gasteiger partial charge in [0, 0.05) is 81.3 Å². The van der Waals surface area contributed by atoms with Crippen molar-refractivity contribution in [3.8, 4) is 11.1 Å². The fraction of sp³-hybridized carbons (Fsp3) is 0.481. The van der Waals surface area contributed by atoms with E-state index in [-0.39, 0.29) is 6.17 Å². The van der Waals surface area contributed by atoms with Crippen LogP contribution >= 0.6 is 0 Å². The van der Waals surface area contributed by atoms with Gasteiger partial charge in [-0.15, -0.1) is 0 Å². The summed E-state index contributed by atoms with van der Waals surface area (Å²) in [5.41, 5.74) is 5.24. The molecule has 36 heavy (non-hydrogen) atoms. The van der Waals surface area contributed by atoms with E-state index in [0.29, 0.717) is 6.10 Å². The normalized spacial score (nSPS) is 18.4. The second-order valence-corrected chi connectivity index (χ2v) is 9.66. The van der Waals surface area contributed by atoms with E-state index in [1.54, 1.807) is 7.11 Å². The first-order chi connectivity index (χ1) is 17.6. The van der Waals surface area contributed by atoms with Gasteiger partial charge in [-0.1, -0.05) is 18.2 Å². The summed E-state index contributed by atoms with van der Waals surface area (Å²) in [5, 5.41) is 4.54. The number of hydrogen-bond acceptors (Lipinski definition) is 8. The Morgan fingerprint density at radius 1 is 0.972 bits per heavy atom. The average molecular weight is 490 g/mol. The lowest BCUT2D eigenvalue weighted by atomic mass is 10.1. The van der Waals surface area contributed by atoms with Gasteiger partial charge < -0.3 is 14.5 Å². The Balaban J connectivity index is 1.28. The van der Waals surface area contributed by atoms with Gasteiger partial charge in [0.15, 0.2) is 12.5 Å². The predicted octanol–water partition coefficient (Wildman–Crippen LogP) is 3.09. The summed E-state index contributed by atoms with van der Waals surface area (Å²) in [6.07, 6.45) is 6.84. The molecule has 1 unspecified atom stereocenters. The molecule has 3 aromatic rings. The summed E-state index contributed by atoms with van der Waals surface area (Å²) in [5.74, 6) is 0.781. The maximum Gasteiger partial charge on any atom is 0.225 e. The largest absolute Gasteiger partial charge is 0.381 e. The second-order valence-electron chi connectivity index (χ2n) is 9.66. The molecular weight excluding hydrogens is 454 g/mol. The molecule has 0 saturated carbocycles. The van der Waals surface area contributed by atoms with Crippen LogP contribution in [0.3, 0.4) is 0 Å². The molecular formula is C27H35N7O2. The van der Waals surface area contributed by atoms with Crippen molar-refractivity contribution in [2.75, 3.05) is 56.2 Å². The number of nitrogens with zero attached hydrogens (tertiary/aromatic N) is 7. The fourth-order valence-electron chi connectivity index (χ4n) is 5.35. The third-order valence-electron chi connectivity index (χ3n) is 7.36. The number of hydrogen-bond donors (Lipinski definition) is 0. The molecule has 1 aromatic carbocycles. The number of piperidine rings is 1. The average Bonchev–Trinajstić information content (AvgIpc) is 3.27. The van der Waals surface area contributed by atoms with Crippen molar-refractivity contribution in [3.05, 3.63) is 54.1 Å². The van der Waals surface area contributed by atoms with Crippen molar-refractivity contribution < 1.29 is 9.53 Å². The molecule has 0 radical (unpaired) electrons. The lowest BCUT2D eigenvalue weighted by Crippen LogP contribution is -2.49. The highest BCUT2D eigenvalue weighted by Crippen LogP contribution is 2.32. The number of methoxy groups -OCH3 is 1. The minimum Gasteiger partial charge on any atom is -0.381 e. The molecule has 0 bridgehead atoms. The molecule has 2 fully saturated rings. The highest BCUT2D eigenvalue weighted by Gasteiger charge is 2.27. The van der Waals surface area contributed by atoms with Crippen LogP contribution in [0.15, 0.2) is 42.7 Å². The molecule has 5 rings (SSSR count). The van der Waals surface area contributed by atoms with Gasteiger partial charge >= 0.3 is 0 Å². The zero-order chi connectivity index (χ0) is 25.1. The number of anilines is 2. The van der Waals surface area contributed by atoms with Gasteiger partial charge in [-0.3, -0.25) is 9.69 Å². The molecule has 1 atom stereocenters. The van der Waals surface area contributed by atoms with Gasteiger partial charge in [0.05, 0.1) is 11.8 Å². The number of aryl methyl sites for hydroxylation is 2. The maximum absolute atomic E-state index is 12.0. The van der Waals surface area contributed by atoms with Crippen LogP contribution in [-0.4, -0.2) is 83.4 Å². The summed E-state index contributed by atoms with van der Waals surface area (Å²) in [7, 11) is 1.78. The Hall–Kier alpha value is -3.30. The van der Waals surface area contributed by atoms with Gasteiger partial charge in [-0.25, -0.2) is 14.6 Å². The molecule has 2 saturated heterocycles. The number of aldehydes is 1. The van der Waals surface area contributed by atoms with E-state index in [9.17, 15) is 4.79 Å². The van der Waals surface area contributed by atoms with Crippen molar-refractivity contribution in [2.24, 2.45) is 0 Å². The quantitative estimate of drug-likeness (QED) is 0.469. The van der Waals surface area contributed by atoms with E-state index in [1.165, 1.54) is 5.69 Å². The number of para-hydroxylation sites is 1. The zero-order valence-electron chi connectivity index (χ0n) is 21.4. The van der Waals surface area contributed by atoms with Gasteiger partial charge in [0.2, 0.25) is 5.95 Å². The van der Waals surface area contributed by atoms with Crippen LogP contribution < -0.4 is 9.80 Å². The smallest absolute Gasteiger partial charge is 0.225 e. The van der Waals surface area contributed by atoms with Crippen molar-refractivity contribution >= 4 is 17.9 Å². The Bertz CT molecular complexity index is 1160. The van der Waals surface area contributed by atoms with E-state index >= 15 is 0 Å². The predicted molar refractivity (Wildman–Crippen MR) is 140 cm³/mol. The molecule has 2 aromatic heterocycles. The first kappa shape index (κ1) is 24.4. The van der Waals surface area contributed by atoms with Crippen LogP contribution in [0.5, 0.6) is 0 Å². The summed E-state index contributed by atoms with van der Waals surface area (Å²) in [4.78, 5) is 28.2. The number of aromatic nitrogens is 4. The zero-order valence-corrected chi connectivity index (χ0v) is 21.4. The molecule has 9 heteroatoms. The Morgan fingerprint density at radius 2 is 1.67 bits per heavy atom. The van der Waals surface area contributed by atoms with Crippen molar-refractivity contribution in [3.63, 3.8) is 0 Å². The number of carbonyl (C=O) groups is 1. The fourth-order valence-corrected chi connectivity index (χ4v) is 5.35. The van der Waals surface area contributed by atoms with Gasteiger partial charge in [0.1, 0.15) is 0 Å². The lowest BCUT2D eigenvalue weighted by Gasteiger charge is -2.39. The van der Waals surface area contributed by atoms with Crippen LogP contribution in [0.4, 0.5) is 11.6 Å². The molecule has 0 amide bonds. The molecule has 2 aliphatic rings. The number of rotatable bonds is 7. The molecule has 0 N–H and O–H groups in total. The van der Waals surface area contributed by atoms with Gasteiger partial charge in [0.25, 0.3) is 0 Å². The maximum atomic E-state index is 12.0. The molecule has 0 aliphatic carbocycles. The number of benzene rings is 1. The number of carbonyl (C=O) groups excluding carboxylic acids is 1. The van der Waals surface area contributed by atoms with Crippen LogP contribution in [-0.2, 0) is 9.53 Å². The first-order valence-corrected chi connectivity index (χ1v) is 12.7. The monoisotopic (exact) mass is 489 g/mol. The summed E-state index contributed by atoms with van der Waals surface area (Å²) in [6, 6.07) is 10.4. The Morgan fingerprint density at radius 3 is 2.28 bits per heavy atom. The minimum atomic E-state index is -0.369. The van der Waals surface area contributed by atoms with E-state index in [1.807, 2.05) is 37.0 Å². The van der Waals surface area contributed by atoms with Crippen LogP contribution in [0.2, 0.25) is 0 Å². The van der Waals surface area contributed by atoms with Crippen molar-refractivity contribution in [1.82, 2.24) is 24.6 Å². The molecule has 190 valence electrons.